The molecule has 0 saturated carbocycles. The highest BCUT2D eigenvalue weighted by Crippen LogP contribution is 2.32. The number of benzene rings is 2. The summed E-state index contributed by atoms with van der Waals surface area (Å²) in [4.78, 5) is 11.7. The number of fused-ring (bicyclic) bond motifs is 1. The Balaban J connectivity index is 1.66. The van der Waals surface area contributed by atoms with E-state index in [0.717, 1.165) is 6.08 Å². The van der Waals surface area contributed by atoms with E-state index in [0.29, 0.717) is 17.1 Å². The maximum absolute atomic E-state index is 13.4. The molecular formula is C16H10F4N2O3. The molecule has 25 heavy (non-hydrogen) atoms. The number of rotatable bonds is 4. The van der Waals surface area contributed by atoms with Crippen LogP contribution in [0.25, 0.3) is 6.08 Å². The Labute approximate surface area is 138 Å². The van der Waals surface area contributed by atoms with E-state index in [1.54, 1.807) is 18.2 Å². The summed E-state index contributed by atoms with van der Waals surface area (Å²) >= 11 is 0. The van der Waals surface area contributed by atoms with Gasteiger partial charge < -0.3 is 9.47 Å². The van der Waals surface area contributed by atoms with Gasteiger partial charge in [-0.05, 0) is 23.8 Å². The summed E-state index contributed by atoms with van der Waals surface area (Å²) in [6.07, 6.45) is 2.45. The van der Waals surface area contributed by atoms with Crippen molar-refractivity contribution in [1.29, 1.82) is 0 Å². The van der Waals surface area contributed by atoms with E-state index in [9.17, 15) is 22.4 Å². The zero-order valence-electron chi connectivity index (χ0n) is 12.4. The van der Waals surface area contributed by atoms with E-state index in [-0.39, 0.29) is 12.9 Å². The Morgan fingerprint density at radius 2 is 1.68 bits per heavy atom. The minimum absolute atomic E-state index is 0.0667. The average Bonchev–Trinajstić information content (AvgIpc) is 3.06. The number of carbonyl (C=O) groups excluding carboxylic acids is 1. The van der Waals surface area contributed by atoms with Gasteiger partial charge in [0.25, 0.3) is 5.91 Å². The number of hydrogen-bond donors (Lipinski definition) is 2. The van der Waals surface area contributed by atoms with E-state index in [2.05, 4.69) is 0 Å². The summed E-state index contributed by atoms with van der Waals surface area (Å²) < 4.78 is 63.3. The fourth-order valence-corrected chi connectivity index (χ4v) is 2.04. The lowest BCUT2D eigenvalue weighted by Gasteiger charge is -2.09. The second-order valence-corrected chi connectivity index (χ2v) is 4.90. The largest absolute Gasteiger partial charge is 0.454 e. The normalized spacial score (nSPS) is 12.5. The van der Waals surface area contributed by atoms with Gasteiger partial charge in [0.2, 0.25) is 6.79 Å². The molecule has 1 amide bonds. The standard InChI is InChI=1S/C16H10F4N2O3/c17-9-6-10(18)15(20)16(14(9)19)22-21-13(23)4-2-8-1-3-11-12(5-8)25-7-24-11/h1-6,22H,7H2,(H,21,23)/b4-2+. The molecule has 1 aliphatic rings. The van der Waals surface area contributed by atoms with Crippen LogP contribution in [0.2, 0.25) is 0 Å². The maximum atomic E-state index is 13.4. The highest BCUT2D eigenvalue weighted by molar-refractivity contribution is 5.92. The minimum atomic E-state index is -1.65. The van der Waals surface area contributed by atoms with Gasteiger partial charge in [0, 0.05) is 12.1 Å². The van der Waals surface area contributed by atoms with Gasteiger partial charge in [0.1, 0.15) is 5.69 Å². The SMILES string of the molecule is O=C(/C=C/c1ccc2c(c1)OCO2)NNc1c(F)c(F)cc(F)c1F. The average molecular weight is 354 g/mol. The van der Waals surface area contributed by atoms with Crippen molar-refractivity contribution < 1.29 is 31.8 Å². The van der Waals surface area contributed by atoms with Gasteiger partial charge in [-0.25, -0.2) is 17.6 Å². The number of carbonyl (C=O) groups is 1. The van der Waals surface area contributed by atoms with Gasteiger partial charge in [-0.3, -0.25) is 15.6 Å². The third-order valence-corrected chi connectivity index (χ3v) is 3.25. The lowest BCUT2D eigenvalue weighted by Crippen LogP contribution is -2.29. The monoisotopic (exact) mass is 354 g/mol. The molecule has 0 spiro atoms. The van der Waals surface area contributed by atoms with Crippen molar-refractivity contribution >= 4 is 17.7 Å². The zero-order chi connectivity index (χ0) is 18.0. The van der Waals surface area contributed by atoms with Gasteiger partial charge in [-0.15, -0.1) is 0 Å². The third-order valence-electron chi connectivity index (χ3n) is 3.25. The van der Waals surface area contributed by atoms with Gasteiger partial charge in [-0.1, -0.05) is 6.07 Å². The number of hydrazine groups is 1. The first-order valence-electron chi connectivity index (χ1n) is 6.92. The summed E-state index contributed by atoms with van der Waals surface area (Å²) in [7, 11) is 0. The van der Waals surface area contributed by atoms with Gasteiger partial charge >= 0.3 is 0 Å². The second kappa shape index (κ2) is 6.71. The molecule has 9 heteroatoms. The molecule has 2 aromatic rings. The molecule has 0 radical (unpaired) electrons. The van der Waals surface area contributed by atoms with Crippen LogP contribution in [0, 0.1) is 23.3 Å². The predicted octanol–water partition coefficient (Wildman–Crippen LogP) is 3.13. The molecule has 0 saturated heterocycles. The van der Waals surface area contributed by atoms with Gasteiger partial charge in [-0.2, -0.15) is 0 Å². The molecule has 0 aromatic heterocycles. The Kier molecular flexibility index (Phi) is 4.46. The van der Waals surface area contributed by atoms with Crippen LogP contribution in [-0.2, 0) is 4.79 Å². The van der Waals surface area contributed by atoms with E-state index < -0.39 is 34.9 Å². The fourth-order valence-electron chi connectivity index (χ4n) is 2.04. The first-order valence-corrected chi connectivity index (χ1v) is 6.92. The van der Waals surface area contributed by atoms with Crippen LogP contribution in [-0.4, -0.2) is 12.7 Å². The third kappa shape index (κ3) is 3.49. The number of halogens is 4. The lowest BCUT2D eigenvalue weighted by atomic mass is 10.2. The van der Waals surface area contributed by atoms with Crippen molar-refractivity contribution in [2.45, 2.75) is 0 Å². The van der Waals surface area contributed by atoms with Crippen LogP contribution in [0.1, 0.15) is 5.56 Å². The first kappa shape index (κ1) is 16.6. The maximum Gasteiger partial charge on any atom is 0.262 e. The van der Waals surface area contributed by atoms with Crippen molar-refractivity contribution in [3.63, 3.8) is 0 Å². The van der Waals surface area contributed by atoms with E-state index in [4.69, 9.17) is 9.47 Å². The van der Waals surface area contributed by atoms with Crippen LogP contribution >= 0.6 is 0 Å². The second-order valence-electron chi connectivity index (χ2n) is 4.90. The van der Waals surface area contributed by atoms with Crippen LogP contribution in [0.15, 0.2) is 30.3 Å². The fraction of sp³-hybridized carbons (Fsp3) is 0.0625. The van der Waals surface area contributed by atoms with Crippen molar-refractivity contribution in [1.82, 2.24) is 5.43 Å². The van der Waals surface area contributed by atoms with Crippen LogP contribution in [0.3, 0.4) is 0 Å². The first-order chi connectivity index (χ1) is 12.0. The molecule has 2 N–H and O–H groups in total. The highest BCUT2D eigenvalue weighted by atomic mass is 19.2. The molecule has 0 aliphatic carbocycles. The number of anilines is 1. The van der Waals surface area contributed by atoms with Crippen molar-refractivity contribution in [3.05, 3.63) is 59.2 Å². The molecule has 130 valence electrons. The molecule has 0 atom stereocenters. The van der Waals surface area contributed by atoms with Gasteiger partial charge in [0.15, 0.2) is 34.8 Å². The summed E-state index contributed by atoms with van der Waals surface area (Å²) in [5.41, 5.74) is 3.20. The quantitative estimate of drug-likeness (QED) is 0.383. The van der Waals surface area contributed by atoms with Crippen LogP contribution < -0.4 is 20.3 Å². The number of nitrogens with one attached hydrogen (secondary N) is 2. The summed E-state index contributed by atoms with van der Waals surface area (Å²) in [5, 5.41) is 0. The Bertz CT molecular complexity index is 845. The predicted molar refractivity (Wildman–Crippen MR) is 79.6 cm³/mol. The summed E-state index contributed by atoms with van der Waals surface area (Å²) in [6, 6.07) is 5.00. The molecule has 0 bridgehead atoms. The van der Waals surface area contributed by atoms with Crippen molar-refractivity contribution in [3.8, 4) is 11.5 Å². The van der Waals surface area contributed by atoms with E-state index in [1.165, 1.54) is 6.08 Å². The number of amides is 1. The Morgan fingerprint density at radius 3 is 2.40 bits per heavy atom. The molecule has 0 unspecified atom stereocenters. The molecule has 1 heterocycles. The molecular weight excluding hydrogens is 344 g/mol. The topological polar surface area (TPSA) is 59.6 Å². The summed E-state index contributed by atoms with van der Waals surface area (Å²) in [5.74, 6) is -6.21. The molecule has 2 aromatic carbocycles. The molecule has 1 aliphatic heterocycles. The van der Waals surface area contributed by atoms with Crippen LogP contribution in [0.4, 0.5) is 23.2 Å². The smallest absolute Gasteiger partial charge is 0.262 e. The lowest BCUT2D eigenvalue weighted by molar-refractivity contribution is -0.116. The zero-order valence-corrected chi connectivity index (χ0v) is 12.4. The molecule has 0 fully saturated rings. The van der Waals surface area contributed by atoms with Crippen molar-refractivity contribution in [2.24, 2.45) is 0 Å². The van der Waals surface area contributed by atoms with E-state index in [1.807, 2.05) is 10.9 Å². The minimum Gasteiger partial charge on any atom is -0.454 e. The molecule has 5 nitrogen and oxygen atoms in total. The molecule has 3 rings (SSSR count). The van der Waals surface area contributed by atoms with Crippen LogP contribution in [0.5, 0.6) is 11.5 Å². The van der Waals surface area contributed by atoms with Gasteiger partial charge in [0.05, 0.1) is 0 Å². The van der Waals surface area contributed by atoms with Crippen molar-refractivity contribution in [2.75, 3.05) is 12.2 Å². The number of ether oxygens (including phenoxy) is 2. The highest BCUT2D eigenvalue weighted by Gasteiger charge is 2.19. The van der Waals surface area contributed by atoms with E-state index >= 15 is 0 Å². The Hall–Kier alpha value is -3.23. The Morgan fingerprint density at radius 1 is 1.00 bits per heavy atom. The summed E-state index contributed by atoms with van der Waals surface area (Å²) in [6.45, 7) is 0.105. The number of hydrogen-bond acceptors (Lipinski definition) is 4.